The fraction of sp³-hybridized carbons (Fsp3) is 0.370. The van der Waals surface area contributed by atoms with Crippen LogP contribution >= 0.6 is 0 Å². The summed E-state index contributed by atoms with van der Waals surface area (Å²) in [6.45, 7) is 4.68. The number of aromatic nitrogens is 2. The molecule has 0 saturated carbocycles. The number of rotatable bonds is 7. The van der Waals surface area contributed by atoms with Crippen LogP contribution < -0.4 is 10.3 Å². The minimum atomic E-state index is -0.613. The van der Waals surface area contributed by atoms with Crippen molar-refractivity contribution in [3.8, 4) is 22.6 Å². The zero-order chi connectivity index (χ0) is 25.1. The van der Waals surface area contributed by atoms with Gasteiger partial charge in [0.15, 0.2) is 0 Å². The van der Waals surface area contributed by atoms with Crippen molar-refractivity contribution < 1.29 is 19.0 Å². The maximum atomic E-state index is 13.5. The Morgan fingerprint density at radius 2 is 2.09 bits per heavy atom. The van der Waals surface area contributed by atoms with Gasteiger partial charge in [0.2, 0.25) is 0 Å². The number of ether oxygens (including phenoxy) is 1. The number of aromatic hydroxyl groups is 1. The Hall–Kier alpha value is -3.68. The normalized spacial score (nSPS) is 15.4. The van der Waals surface area contributed by atoms with Gasteiger partial charge in [-0.25, -0.2) is 4.39 Å². The summed E-state index contributed by atoms with van der Waals surface area (Å²) < 4.78 is 18.8. The van der Waals surface area contributed by atoms with Crippen molar-refractivity contribution in [2.75, 3.05) is 20.2 Å². The molecule has 2 N–H and O–H groups in total. The average Bonchev–Trinajstić information content (AvgIpc) is 3.34. The quantitative estimate of drug-likeness (QED) is 0.518. The van der Waals surface area contributed by atoms with E-state index in [0.29, 0.717) is 54.2 Å². The van der Waals surface area contributed by atoms with Gasteiger partial charge in [0, 0.05) is 41.5 Å². The molecule has 0 spiro atoms. The van der Waals surface area contributed by atoms with E-state index in [1.165, 1.54) is 6.07 Å². The van der Waals surface area contributed by atoms with E-state index in [2.05, 4.69) is 9.97 Å². The van der Waals surface area contributed by atoms with Crippen molar-refractivity contribution in [3.63, 3.8) is 0 Å². The first-order valence-corrected chi connectivity index (χ1v) is 11.9. The second-order valence-corrected chi connectivity index (χ2v) is 8.93. The van der Waals surface area contributed by atoms with Crippen molar-refractivity contribution in [1.82, 2.24) is 14.9 Å². The number of aromatic amines is 1. The van der Waals surface area contributed by atoms with Gasteiger partial charge in [-0.2, -0.15) is 0 Å². The van der Waals surface area contributed by atoms with Gasteiger partial charge in [-0.3, -0.25) is 14.6 Å². The molecule has 1 aliphatic heterocycles. The first-order chi connectivity index (χ1) is 16.8. The molecule has 1 aliphatic rings. The van der Waals surface area contributed by atoms with E-state index < -0.39 is 17.3 Å². The number of benzene rings is 1. The van der Waals surface area contributed by atoms with E-state index in [0.717, 1.165) is 24.6 Å². The van der Waals surface area contributed by atoms with Crippen LogP contribution in [-0.2, 0) is 6.42 Å². The highest BCUT2D eigenvalue weighted by molar-refractivity contribution is 6.00. The van der Waals surface area contributed by atoms with E-state index in [4.69, 9.17) is 4.74 Å². The number of unbranched alkanes of at least 4 members (excludes halogenated alkanes) is 1. The first kappa shape index (κ1) is 24.4. The van der Waals surface area contributed by atoms with Gasteiger partial charge in [0.05, 0.1) is 13.3 Å². The summed E-state index contributed by atoms with van der Waals surface area (Å²) in [5, 5.41) is 11.4. The van der Waals surface area contributed by atoms with E-state index in [1.807, 2.05) is 26.0 Å². The smallest absolute Gasteiger partial charge is 0.264 e. The van der Waals surface area contributed by atoms with Gasteiger partial charge in [0.1, 0.15) is 22.9 Å². The summed E-state index contributed by atoms with van der Waals surface area (Å²) >= 11 is 0. The minimum absolute atomic E-state index is 0.0689. The number of amides is 1. The van der Waals surface area contributed by atoms with Gasteiger partial charge in [-0.05, 0) is 49.9 Å². The lowest BCUT2D eigenvalue weighted by molar-refractivity contribution is 0.0785. The standard InChI is InChI=1S/C27H30FN3O4/c1-4-5-8-20-23(22-16(2)7-6-9-21(22)35-3)25(32)24(26(33)30-20)27(34)31-13-12-17(15-31)19-11-10-18(28)14-29-19/h6-7,9-11,14,17H,4-5,8,12-13,15H2,1-3H3,(H2,30,32,33). The molecule has 184 valence electrons. The molecule has 1 unspecified atom stereocenters. The highest BCUT2D eigenvalue weighted by atomic mass is 19.1. The molecule has 1 saturated heterocycles. The van der Waals surface area contributed by atoms with E-state index in [9.17, 15) is 19.1 Å². The number of H-pyrrole nitrogens is 1. The van der Waals surface area contributed by atoms with Crippen LogP contribution in [0.15, 0.2) is 41.3 Å². The van der Waals surface area contributed by atoms with Crippen molar-refractivity contribution >= 4 is 5.91 Å². The number of halogens is 1. The molecule has 0 bridgehead atoms. The summed E-state index contributed by atoms with van der Waals surface area (Å²) in [4.78, 5) is 35.2. The zero-order valence-corrected chi connectivity index (χ0v) is 20.2. The van der Waals surface area contributed by atoms with E-state index >= 15 is 0 Å². The molecule has 1 aromatic carbocycles. The number of pyridine rings is 2. The van der Waals surface area contributed by atoms with E-state index in [-0.39, 0.29) is 17.2 Å². The third-order valence-corrected chi connectivity index (χ3v) is 6.61. The molecule has 1 atom stereocenters. The third-order valence-electron chi connectivity index (χ3n) is 6.61. The Morgan fingerprint density at radius 1 is 1.29 bits per heavy atom. The number of likely N-dealkylation sites (tertiary alicyclic amines) is 1. The molecule has 3 aromatic rings. The monoisotopic (exact) mass is 479 g/mol. The van der Waals surface area contributed by atoms with Gasteiger partial charge in [0.25, 0.3) is 11.5 Å². The number of nitrogens with zero attached hydrogens (tertiary/aromatic N) is 2. The number of methoxy groups -OCH3 is 1. The lowest BCUT2D eigenvalue weighted by Crippen LogP contribution is -2.33. The fourth-order valence-corrected chi connectivity index (χ4v) is 4.75. The molecule has 0 aliphatic carbocycles. The van der Waals surface area contributed by atoms with Crippen molar-refractivity contribution in [3.05, 3.63) is 75.2 Å². The largest absolute Gasteiger partial charge is 0.506 e. The molecule has 3 heterocycles. The number of nitrogens with one attached hydrogen (secondary N) is 1. The number of hydrogen-bond donors (Lipinski definition) is 2. The summed E-state index contributed by atoms with van der Waals surface area (Å²) in [6, 6.07) is 8.50. The number of aryl methyl sites for hydroxylation is 2. The Kier molecular flexibility index (Phi) is 7.19. The molecule has 35 heavy (non-hydrogen) atoms. The second kappa shape index (κ2) is 10.3. The van der Waals surface area contributed by atoms with Crippen LogP contribution in [0.25, 0.3) is 11.1 Å². The molecule has 4 rings (SSSR count). The lowest BCUT2D eigenvalue weighted by atomic mass is 9.93. The summed E-state index contributed by atoms with van der Waals surface area (Å²) in [5.41, 5.74) is 2.31. The number of carbonyl (C=O) groups excluding carboxylic acids is 1. The van der Waals surface area contributed by atoms with Crippen LogP contribution in [0, 0.1) is 12.7 Å². The van der Waals surface area contributed by atoms with E-state index in [1.54, 1.807) is 24.1 Å². The van der Waals surface area contributed by atoms with Crippen molar-refractivity contribution in [1.29, 1.82) is 0 Å². The number of carbonyl (C=O) groups is 1. The van der Waals surface area contributed by atoms with Gasteiger partial charge in [-0.1, -0.05) is 25.5 Å². The Labute approximate surface area is 203 Å². The topological polar surface area (TPSA) is 95.5 Å². The summed E-state index contributed by atoms with van der Waals surface area (Å²) in [5.74, 6) is -0.809. The molecule has 1 amide bonds. The van der Waals surface area contributed by atoms with Crippen LogP contribution in [0.2, 0.25) is 0 Å². The van der Waals surface area contributed by atoms with Gasteiger partial charge < -0.3 is 19.7 Å². The van der Waals surface area contributed by atoms with Gasteiger partial charge >= 0.3 is 0 Å². The van der Waals surface area contributed by atoms with Crippen LogP contribution in [0.5, 0.6) is 11.5 Å². The Bertz CT molecular complexity index is 1290. The van der Waals surface area contributed by atoms with Crippen LogP contribution in [-0.4, -0.2) is 46.1 Å². The molecule has 7 nitrogen and oxygen atoms in total. The first-order valence-electron chi connectivity index (χ1n) is 11.9. The SMILES string of the molecule is CCCCc1[nH]c(=O)c(C(=O)N2CCC(c3ccc(F)cn3)C2)c(O)c1-c1c(C)cccc1OC. The summed E-state index contributed by atoms with van der Waals surface area (Å²) in [7, 11) is 1.55. The molecule has 0 radical (unpaired) electrons. The summed E-state index contributed by atoms with van der Waals surface area (Å²) in [6.07, 6.45) is 4.05. The maximum absolute atomic E-state index is 13.5. The highest BCUT2D eigenvalue weighted by Crippen LogP contribution is 2.41. The molecule has 1 fully saturated rings. The second-order valence-electron chi connectivity index (χ2n) is 8.93. The zero-order valence-electron chi connectivity index (χ0n) is 20.2. The average molecular weight is 480 g/mol. The maximum Gasteiger partial charge on any atom is 0.264 e. The van der Waals surface area contributed by atoms with Crippen LogP contribution in [0.4, 0.5) is 4.39 Å². The molecule has 2 aromatic heterocycles. The predicted octanol–water partition coefficient (Wildman–Crippen LogP) is 4.57. The lowest BCUT2D eigenvalue weighted by Gasteiger charge is -2.21. The highest BCUT2D eigenvalue weighted by Gasteiger charge is 2.33. The fourth-order valence-electron chi connectivity index (χ4n) is 4.75. The molecular weight excluding hydrogens is 449 g/mol. The number of hydrogen-bond acceptors (Lipinski definition) is 5. The third kappa shape index (κ3) is 4.78. The van der Waals surface area contributed by atoms with Crippen molar-refractivity contribution in [2.24, 2.45) is 0 Å². The predicted molar refractivity (Wildman–Crippen MR) is 132 cm³/mol. The Balaban J connectivity index is 1.76. The molecule has 8 heteroatoms. The Morgan fingerprint density at radius 3 is 2.77 bits per heavy atom. The van der Waals surface area contributed by atoms with Crippen LogP contribution in [0.3, 0.4) is 0 Å². The minimum Gasteiger partial charge on any atom is -0.506 e. The van der Waals surface area contributed by atoms with Gasteiger partial charge in [-0.15, -0.1) is 0 Å². The molecular formula is C27H30FN3O4. The van der Waals surface area contributed by atoms with Crippen LogP contribution in [0.1, 0.15) is 59.4 Å². The van der Waals surface area contributed by atoms with Crippen molar-refractivity contribution in [2.45, 2.75) is 45.4 Å².